The zero-order valence-electron chi connectivity index (χ0n) is 34.3. The summed E-state index contributed by atoms with van der Waals surface area (Å²) in [4.78, 5) is 63.2. The van der Waals surface area contributed by atoms with Crippen molar-refractivity contribution in [2.45, 2.75) is 101 Å². The van der Waals surface area contributed by atoms with Crippen molar-refractivity contribution in [2.75, 3.05) is 20.3 Å². The van der Waals surface area contributed by atoms with E-state index in [1.807, 2.05) is 74.5 Å². The molecule has 5 aliphatic rings. The Morgan fingerprint density at radius 2 is 1.82 bits per heavy atom. The Kier molecular flexibility index (Phi) is 11.2. The molecule has 0 spiro atoms. The minimum absolute atomic E-state index is 0.0164. The molecule has 1 aromatic heterocycles. The van der Waals surface area contributed by atoms with E-state index in [4.69, 9.17) is 19.2 Å². The Bertz CT molecular complexity index is 2340. The Morgan fingerprint density at radius 3 is 2.50 bits per heavy atom. The van der Waals surface area contributed by atoms with Gasteiger partial charge in [0.2, 0.25) is 21.8 Å². The summed E-state index contributed by atoms with van der Waals surface area (Å²) >= 11 is 0. The lowest BCUT2D eigenvalue weighted by atomic mass is 9.90. The molecular weight excluding hydrogens is 787 g/mol. The molecule has 4 amide bonds. The fourth-order valence-electron chi connectivity index (χ4n) is 8.82. The molecule has 0 radical (unpaired) electrons. The lowest BCUT2D eigenvalue weighted by Gasteiger charge is -2.32. The number of nitrogens with zero attached hydrogens (tertiary/aromatic N) is 2. The number of benzene rings is 2. The Morgan fingerprint density at radius 1 is 1.07 bits per heavy atom. The van der Waals surface area contributed by atoms with Gasteiger partial charge in [0.25, 0.3) is 5.91 Å². The van der Waals surface area contributed by atoms with Gasteiger partial charge in [0, 0.05) is 46.4 Å². The van der Waals surface area contributed by atoms with Gasteiger partial charge in [0.1, 0.15) is 35.2 Å². The quantitative estimate of drug-likeness (QED) is 0.228. The molecule has 3 saturated carbocycles. The highest BCUT2D eigenvalue weighted by Gasteiger charge is 2.62. The summed E-state index contributed by atoms with van der Waals surface area (Å²) in [5.74, 6) is -1.57. The first-order valence-corrected chi connectivity index (χ1v) is 22.4. The fourth-order valence-corrected chi connectivity index (χ4v) is 10.2. The van der Waals surface area contributed by atoms with Crippen LogP contribution in [0.15, 0.2) is 67.3 Å². The maximum Gasteiger partial charge on any atom is 0.407 e. The summed E-state index contributed by atoms with van der Waals surface area (Å²) in [5, 5.41) is 5.79. The molecule has 8 rings (SSSR count). The third-order valence-electron chi connectivity index (χ3n) is 12.6. The van der Waals surface area contributed by atoms with Crippen LogP contribution >= 0.6 is 0 Å². The number of cyclic esters (lactones) is 1. The number of sulfonamides is 1. The second-order valence-corrected chi connectivity index (χ2v) is 19.6. The number of fused-ring (bicyclic) bond motifs is 3. The molecule has 2 aromatic carbocycles. The number of allylic oxidation sites excluding steroid dienone is 1. The molecule has 5 atom stereocenters. The van der Waals surface area contributed by atoms with Gasteiger partial charge in [0.05, 0.1) is 36.7 Å². The van der Waals surface area contributed by atoms with E-state index in [0.717, 1.165) is 24.0 Å². The number of carbonyl (C=O) groups is 4. The Balaban J connectivity index is 1.20. The van der Waals surface area contributed by atoms with Gasteiger partial charge in [-0.3, -0.25) is 19.1 Å². The average Bonchev–Trinajstić information content (AvgIpc) is 4.10. The summed E-state index contributed by atoms with van der Waals surface area (Å²) in [6.45, 7) is 7.86. The zero-order valence-corrected chi connectivity index (χ0v) is 35.1. The van der Waals surface area contributed by atoms with E-state index in [1.165, 1.54) is 11.0 Å². The number of rotatable bonds is 9. The molecule has 15 heteroatoms. The number of pyridine rings is 1. The van der Waals surface area contributed by atoms with E-state index in [1.54, 1.807) is 7.11 Å². The summed E-state index contributed by atoms with van der Waals surface area (Å²) in [6, 6.07) is 13.2. The predicted octanol–water partition coefficient (Wildman–Crippen LogP) is 5.66. The average molecular weight is 840 g/mol. The van der Waals surface area contributed by atoms with Gasteiger partial charge in [-0.15, -0.1) is 6.58 Å². The van der Waals surface area contributed by atoms with Crippen LogP contribution in [-0.4, -0.2) is 91.4 Å². The molecule has 14 nitrogen and oxygen atoms in total. The van der Waals surface area contributed by atoms with Crippen molar-refractivity contribution in [1.82, 2.24) is 25.2 Å². The Labute approximate surface area is 350 Å². The number of ether oxygens (including phenoxy) is 3. The van der Waals surface area contributed by atoms with Gasteiger partial charge in [-0.05, 0) is 50.5 Å². The first kappa shape index (κ1) is 41.3. The first-order valence-electron chi connectivity index (χ1n) is 20.9. The van der Waals surface area contributed by atoms with Gasteiger partial charge >= 0.3 is 6.09 Å². The van der Waals surface area contributed by atoms with E-state index in [0.29, 0.717) is 60.2 Å². The van der Waals surface area contributed by atoms with E-state index in [9.17, 15) is 27.6 Å². The van der Waals surface area contributed by atoms with Gasteiger partial charge in [-0.2, -0.15) is 0 Å². The van der Waals surface area contributed by atoms with Crippen molar-refractivity contribution >= 4 is 50.8 Å². The normalized spacial score (nSPS) is 27.5. The molecule has 318 valence electrons. The number of alkyl carbamates (subject to hydrolysis) is 1. The monoisotopic (exact) mass is 839 g/mol. The van der Waals surface area contributed by atoms with Gasteiger partial charge in [0.15, 0.2) is 0 Å². The molecule has 4 bridgehead atoms. The van der Waals surface area contributed by atoms with Crippen LogP contribution < -0.4 is 24.8 Å². The first-order chi connectivity index (χ1) is 28.7. The van der Waals surface area contributed by atoms with Crippen LogP contribution in [0.5, 0.6) is 11.5 Å². The maximum atomic E-state index is 14.9. The summed E-state index contributed by atoms with van der Waals surface area (Å²) in [6.07, 6.45) is 8.89. The number of methoxy groups -OCH3 is 1. The smallest absolute Gasteiger partial charge is 0.407 e. The van der Waals surface area contributed by atoms with Gasteiger partial charge < -0.3 is 29.7 Å². The molecule has 1 saturated heterocycles. The molecule has 0 unspecified atom stereocenters. The van der Waals surface area contributed by atoms with Crippen molar-refractivity contribution in [3.63, 3.8) is 0 Å². The number of carbonyl (C=O) groups excluding carboxylic acids is 4. The summed E-state index contributed by atoms with van der Waals surface area (Å²) in [7, 11) is -2.32. The minimum atomic E-state index is -3.92. The van der Waals surface area contributed by atoms with Crippen molar-refractivity contribution < 1.29 is 41.8 Å². The lowest BCUT2D eigenvalue weighted by Crippen LogP contribution is -2.59. The highest BCUT2D eigenvalue weighted by Crippen LogP contribution is 2.46. The van der Waals surface area contributed by atoms with Crippen molar-refractivity contribution in [1.29, 1.82) is 0 Å². The van der Waals surface area contributed by atoms with Crippen LogP contribution in [0.4, 0.5) is 4.79 Å². The van der Waals surface area contributed by atoms with E-state index in [-0.39, 0.29) is 31.9 Å². The number of hydrogen-bond donors (Lipinski definition) is 3. The van der Waals surface area contributed by atoms with Gasteiger partial charge in [-0.25, -0.2) is 18.2 Å². The lowest BCUT2D eigenvalue weighted by molar-refractivity contribution is -0.142. The van der Waals surface area contributed by atoms with Crippen LogP contribution in [0, 0.1) is 17.3 Å². The largest absolute Gasteiger partial charge is 0.496 e. The van der Waals surface area contributed by atoms with Crippen LogP contribution in [-0.2, 0) is 29.1 Å². The highest BCUT2D eigenvalue weighted by atomic mass is 32.2. The molecule has 4 fully saturated rings. The van der Waals surface area contributed by atoms with E-state index < -0.39 is 74.1 Å². The summed E-state index contributed by atoms with van der Waals surface area (Å²) < 4.78 is 46.3. The molecule has 3 aliphatic carbocycles. The number of amides is 4. The van der Waals surface area contributed by atoms with Crippen molar-refractivity contribution in [3.05, 3.63) is 72.8 Å². The number of nitrogens with one attached hydrogen (secondary N) is 3. The number of hydrogen-bond acceptors (Lipinski definition) is 10. The zero-order chi connectivity index (χ0) is 42.4. The van der Waals surface area contributed by atoms with Crippen LogP contribution in [0.1, 0.15) is 77.2 Å². The molecule has 3 aromatic rings. The topological polar surface area (TPSA) is 182 Å². The third-order valence-corrected chi connectivity index (χ3v) is 14.4. The van der Waals surface area contributed by atoms with E-state index >= 15 is 0 Å². The molecule has 60 heavy (non-hydrogen) atoms. The van der Waals surface area contributed by atoms with E-state index in [2.05, 4.69) is 21.9 Å². The number of aromatic nitrogens is 1. The summed E-state index contributed by atoms with van der Waals surface area (Å²) in [5.41, 5.74) is 0.869. The standard InChI is InChI=1S/C45H53N5O9S/c1-5-30-24-45(30,42(53)49-60(55,56)32-17-18-32)48-40(51)36-21-31-25-50(36)41(52)39(28-14-9-10-15-28)47-43(54)58-26-44(2,3)19-11-16-29-20-33-35(23-37(29)57-4)46-34(22-38(33)59-31)27-12-7-6-8-13-27/h5-8,11-13,16,20,22-23,28,30-32,36,39H,1,9-10,14-15,17-19,21,24-26H2,2-4H3,(H,47,54)(H,48,51)(H,49,53)/b16-11-/t30-,31-,36+,39+,45-/m1/s1. The van der Waals surface area contributed by atoms with Crippen LogP contribution in [0.2, 0.25) is 0 Å². The molecular formula is C45H53N5O9S. The van der Waals surface area contributed by atoms with Gasteiger partial charge in [-0.1, -0.05) is 75.2 Å². The molecule has 3 N–H and O–H groups in total. The molecule has 3 heterocycles. The fraction of sp³-hybridized carbons (Fsp3) is 0.489. The maximum absolute atomic E-state index is 14.9. The SMILES string of the molecule is C=C[C@@H]1C[C@]1(NC(=O)[C@@H]1C[C@@H]2CN1C(=O)[C@H](C1CCCC1)NC(=O)OCC(C)(C)C/C=C\c1cc3c(cc(-c4ccccc4)nc3cc1OC)O2)C(=O)NS(=O)(=O)C1CC1. The van der Waals surface area contributed by atoms with Crippen molar-refractivity contribution in [3.8, 4) is 22.8 Å². The van der Waals surface area contributed by atoms with Crippen molar-refractivity contribution in [2.24, 2.45) is 17.3 Å². The predicted molar refractivity (Wildman–Crippen MR) is 225 cm³/mol. The van der Waals surface area contributed by atoms with Crippen LogP contribution in [0.25, 0.3) is 28.2 Å². The second-order valence-electron chi connectivity index (χ2n) is 17.7. The van der Waals surface area contributed by atoms with Crippen LogP contribution in [0.3, 0.4) is 0 Å². The highest BCUT2D eigenvalue weighted by molar-refractivity contribution is 7.91. The second kappa shape index (κ2) is 16.2. The third kappa shape index (κ3) is 8.45. The minimum Gasteiger partial charge on any atom is -0.496 e. The molecule has 2 aliphatic heterocycles. The Hall–Kier alpha value is -5.44.